The molecule has 0 saturated heterocycles. The Morgan fingerprint density at radius 1 is 1.24 bits per heavy atom. The first-order valence-electron chi connectivity index (χ1n) is 5.34. The van der Waals surface area contributed by atoms with Crippen LogP contribution in [-0.2, 0) is 0 Å². The van der Waals surface area contributed by atoms with Gasteiger partial charge in [-0.25, -0.2) is 15.0 Å². The summed E-state index contributed by atoms with van der Waals surface area (Å²) in [6.07, 6.45) is 3.55. The monoisotopic (exact) mass is 246 g/mol. The maximum absolute atomic E-state index is 5.76. The van der Waals surface area contributed by atoms with Crippen LogP contribution in [0.15, 0.2) is 40.8 Å². The van der Waals surface area contributed by atoms with Gasteiger partial charge in [-0.1, -0.05) is 6.07 Å². The molecule has 0 saturated carbocycles. The lowest BCUT2D eigenvalue weighted by atomic mass is 10.2. The average molecular weight is 246 g/mol. The van der Waals surface area contributed by atoms with E-state index in [0.717, 1.165) is 16.3 Å². The van der Waals surface area contributed by atoms with Crippen molar-refractivity contribution in [1.29, 1.82) is 0 Å². The van der Waals surface area contributed by atoms with Gasteiger partial charge in [-0.05, 0) is 43.3 Å². The SMILES string of the molecule is Cc1ccnc(Sc2ccc([C@H](C)N)cn2)n1. The molecule has 17 heavy (non-hydrogen) atoms. The first-order chi connectivity index (χ1) is 8.15. The number of rotatable bonds is 3. The summed E-state index contributed by atoms with van der Waals surface area (Å²) in [5.41, 5.74) is 7.75. The molecule has 0 aliphatic carbocycles. The zero-order valence-corrected chi connectivity index (χ0v) is 10.6. The van der Waals surface area contributed by atoms with Crippen molar-refractivity contribution in [3.05, 3.63) is 41.9 Å². The second kappa shape index (κ2) is 5.25. The molecular formula is C12H14N4S. The largest absolute Gasteiger partial charge is 0.324 e. The minimum absolute atomic E-state index is 0.0109. The van der Waals surface area contributed by atoms with Crippen molar-refractivity contribution in [2.24, 2.45) is 5.73 Å². The predicted octanol–water partition coefficient (Wildman–Crippen LogP) is 2.35. The van der Waals surface area contributed by atoms with E-state index < -0.39 is 0 Å². The quantitative estimate of drug-likeness (QED) is 0.842. The van der Waals surface area contributed by atoms with Crippen LogP contribution in [-0.4, -0.2) is 15.0 Å². The van der Waals surface area contributed by atoms with Gasteiger partial charge in [-0.2, -0.15) is 0 Å². The fraction of sp³-hybridized carbons (Fsp3) is 0.250. The summed E-state index contributed by atoms with van der Waals surface area (Å²) >= 11 is 1.45. The number of hydrogen-bond donors (Lipinski definition) is 1. The lowest BCUT2D eigenvalue weighted by molar-refractivity contribution is 0.806. The highest BCUT2D eigenvalue weighted by molar-refractivity contribution is 7.99. The van der Waals surface area contributed by atoms with E-state index in [1.54, 1.807) is 12.4 Å². The number of nitrogens with zero attached hydrogens (tertiary/aromatic N) is 3. The molecule has 2 aromatic rings. The van der Waals surface area contributed by atoms with E-state index in [0.29, 0.717) is 5.16 Å². The molecule has 1 atom stereocenters. The first-order valence-corrected chi connectivity index (χ1v) is 6.16. The lowest BCUT2D eigenvalue weighted by Crippen LogP contribution is -2.05. The molecule has 0 fully saturated rings. The number of aromatic nitrogens is 3. The van der Waals surface area contributed by atoms with Crippen LogP contribution in [0, 0.1) is 6.92 Å². The van der Waals surface area contributed by atoms with Crippen LogP contribution in [0.2, 0.25) is 0 Å². The normalized spacial score (nSPS) is 12.4. The Hall–Kier alpha value is -1.46. The van der Waals surface area contributed by atoms with Crippen molar-refractivity contribution in [2.45, 2.75) is 30.1 Å². The predicted molar refractivity (Wildman–Crippen MR) is 67.7 cm³/mol. The van der Waals surface area contributed by atoms with E-state index in [1.807, 2.05) is 32.0 Å². The second-order valence-electron chi connectivity index (χ2n) is 3.80. The van der Waals surface area contributed by atoms with Gasteiger partial charge in [0.25, 0.3) is 0 Å². The lowest BCUT2D eigenvalue weighted by Gasteiger charge is -2.05. The Bertz CT molecular complexity index is 496. The molecule has 0 aliphatic rings. The molecular weight excluding hydrogens is 232 g/mol. The van der Waals surface area contributed by atoms with E-state index >= 15 is 0 Å². The molecule has 0 amide bonds. The van der Waals surface area contributed by atoms with Gasteiger partial charge in [0.2, 0.25) is 0 Å². The smallest absolute Gasteiger partial charge is 0.194 e. The van der Waals surface area contributed by atoms with E-state index in [9.17, 15) is 0 Å². The Morgan fingerprint density at radius 2 is 2.06 bits per heavy atom. The fourth-order valence-electron chi connectivity index (χ4n) is 1.29. The van der Waals surface area contributed by atoms with Crippen molar-refractivity contribution in [2.75, 3.05) is 0 Å². The summed E-state index contributed by atoms with van der Waals surface area (Å²) in [5.74, 6) is 0. The molecule has 2 heterocycles. The highest BCUT2D eigenvalue weighted by Gasteiger charge is 2.04. The van der Waals surface area contributed by atoms with E-state index in [1.165, 1.54) is 11.8 Å². The molecule has 4 nitrogen and oxygen atoms in total. The molecule has 88 valence electrons. The van der Waals surface area contributed by atoms with Crippen molar-refractivity contribution < 1.29 is 0 Å². The second-order valence-corrected chi connectivity index (χ2v) is 4.79. The third-order valence-electron chi connectivity index (χ3n) is 2.25. The standard InChI is InChI=1S/C12H14N4S/c1-8-5-6-14-12(16-8)17-11-4-3-10(7-15-11)9(2)13/h3-7,9H,13H2,1-2H3/t9-/m0/s1. The van der Waals surface area contributed by atoms with Gasteiger partial charge < -0.3 is 5.73 Å². The Morgan fingerprint density at radius 3 is 2.65 bits per heavy atom. The van der Waals surface area contributed by atoms with E-state index in [-0.39, 0.29) is 6.04 Å². The van der Waals surface area contributed by atoms with Crippen molar-refractivity contribution in [3.8, 4) is 0 Å². The summed E-state index contributed by atoms with van der Waals surface area (Å²) in [7, 11) is 0. The van der Waals surface area contributed by atoms with E-state index in [2.05, 4.69) is 15.0 Å². The third kappa shape index (κ3) is 3.25. The van der Waals surface area contributed by atoms with Crippen LogP contribution in [0.1, 0.15) is 24.2 Å². The zero-order chi connectivity index (χ0) is 12.3. The topological polar surface area (TPSA) is 64.7 Å². The summed E-state index contributed by atoms with van der Waals surface area (Å²) in [5, 5.41) is 1.59. The first kappa shape index (κ1) is 12.0. The maximum Gasteiger partial charge on any atom is 0.194 e. The Kier molecular flexibility index (Phi) is 3.71. The van der Waals surface area contributed by atoms with Crippen LogP contribution >= 0.6 is 11.8 Å². The summed E-state index contributed by atoms with van der Waals surface area (Å²) < 4.78 is 0. The number of hydrogen-bond acceptors (Lipinski definition) is 5. The van der Waals surface area contributed by atoms with Crippen LogP contribution in [0.4, 0.5) is 0 Å². The maximum atomic E-state index is 5.76. The van der Waals surface area contributed by atoms with Crippen LogP contribution < -0.4 is 5.73 Å². The molecule has 0 radical (unpaired) electrons. The minimum atomic E-state index is 0.0109. The number of nitrogens with two attached hydrogens (primary N) is 1. The van der Waals surface area contributed by atoms with Gasteiger partial charge in [0.15, 0.2) is 5.16 Å². The molecule has 2 N–H and O–H groups in total. The Balaban J connectivity index is 2.14. The molecule has 5 heteroatoms. The highest BCUT2D eigenvalue weighted by atomic mass is 32.2. The molecule has 0 unspecified atom stereocenters. The van der Waals surface area contributed by atoms with Crippen molar-refractivity contribution in [1.82, 2.24) is 15.0 Å². The van der Waals surface area contributed by atoms with Crippen LogP contribution in [0.25, 0.3) is 0 Å². The van der Waals surface area contributed by atoms with Gasteiger partial charge in [-0.15, -0.1) is 0 Å². The molecule has 2 aromatic heterocycles. The molecule has 2 rings (SSSR count). The van der Waals surface area contributed by atoms with Gasteiger partial charge in [0.05, 0.1) is 0 Å². The van der Waals surface area contributed by atoms with Gasteiger partial charge in [0.1, 0.15) is 5.03 Å². The summed E-state index contributed by atoms with van der Waals surface area (Å²) in [6.45, 7) is 3.88. The zero-order valence-electron chi connectivity index (χ0n) is 9.79. The van der Waals surface area contributed by atoms with Crippen LogP contribution in [0.5, 0.6) is 0 Å². The summed E-state index contributed by atoms with van der Waals surface area (Å²) in [6, 6.07) is 5.80. The number of pyridine rings is 1. The van der Waals surface area contributed by atoms with Crippen molar-refractivity contribution in [3.63, 3.8) is 0 Å². The fourth-order valence-corrected chi connectivity index (χ4v) is 2.02. The molecule has 0 aliphatic heterocycles. The molecule has 0 spiro atoms. The molecule has 0 aromatic carbocycles. The van der Waals surface area contributed by atoms with Gasteiger partial charge in [-0.3, -0.25) is 0 Å². The Labute approximate surface area is 105 Å². The number of aryl methyl sites for hydroxylation is 1. The molecule has 0 bridgehead atoms. The average Bonchev–Trinajstić information content (AvgIpc) is 2.29. The highest BCUT2D eigenvalue weighted by Crippen LogP contribution is 2.23. The van der Waals surface area contributed by atoms with Crippen LogP contribution in [0.3, 0.4) is 0 Å². The minimum Gasteiger partial charge on any atom is -0.324 e. The van der Waals surface area contributed by atoms with Gasteiger partial charge in [0, 0.05) is 24.1 Å². The van der Waals surface area contributed by atoms with E-state index in [4.69, 9.17) is 5.73 Å². The summed E-state index contributed by atoms with van der Waals surface area (Å²) in [4.78, 5) is 12.8. The third-order valence-corrected chi connectivity index (χ3v) is 3.08. The van der Waals surface area contributed by atoms with Gasteiger partial charge >= 0.3 is 0 Å². The van der Waals surface area contributed by atoms with Crippen molar-refractivity contribution >= 4 is 11.8 Å².